The molecule has 0 bridgehead atoms. The smallest absolute Gasteiger partial charge is 0.375 e. The molecule has 5 heteroatoms. The van der Waals surface area contributed by atoms with Crippen molar-refractivity contribution in [3.63, 3.8) is 0 Å². The van der Waals surface area contributed by atoms with Crippen LogP contribution in [-0.4, -0.2) is 6.85 Å². The molecule has 0 amide bonds. The summed E-state index contributed by atoms with van der Waals surface area (Å²) < 4.78 is 10.1. The zero-order valence-electron chi connectivity index (χ0n) is 38.9. The summed E-state index contributed by atoms with van der Waals surface area (Å²) in [6.07, 6.45) is 0. The summed E-state index contributed by atoms with van der Waals surface area (Å²) in [6.45, 7) is 18.4. The van der Waals surface area contributed by atoms with Gasteiger partial charge in [0.05, 0.1) is 11.4 Å². The maximum Gasteiger partial charge on any atom is 0.375 e. The van der Waals surface area contributed by atoms with Gasteiger partial charge in [0.2, 0.25) is 0 Å². The topological polar surface area (TPSA) is 19.6 Å². The lowest BCUT2D eigenvalue weighted by atomic mass is 9.45. The van der Waals surface area contributed by atoms with Crippen molar-refractivity contribution in [3.05, 3.63) is 186 Å². The van der Waals surface area contributed by atoms with E-state index in [4.69, 9.17) is 4.42 Å². The average Bonchev–Trinajstić information content (AvgIpc) is 3.95. The molecule has 0 saturated heterocycles. The van der Waals surface area contributed by atoms with Crippen LogP contribution in [0.15, 0.2) is 168 Å². The molecule has 0 radical (unpaired) electrons. The van der Waals surface area contributed by atoms with Gasteiger partial charge in [-0.15, -0.1) is 11.3 Å². The molecule has 0 unspecified atom stereocenters. The number of thiophene rings is 1. The standard InChI is InChI=1S/C61H51BN2OS/c1-59(2,3)37-26-29-39(30-27-37)64-49-33-44-41-21-14-17-25-52(41)66-53(44)35-46(49)54-55-45(40-20-12-15-23-47(40)61(55,7)8)34-50-56(54)62(64)58-57(42-22-13-16-24-51(42)65-58)63(50)48-31-28-38(60(4,5)6)32-43(48)36-18-10-9-11-19-36/h9-35H,1-8H3. The summed E-state index contributed by atoms with van der Waals surface area (Å²) in [5, 5.41) is 3.69. The third-order valence-corrected chi connectivity index (χ3v) is 16.1. The van der Waals surface area contributed by atoms with Crippen LogP contribution < -0.4 is 20.8 Å². The third kappa shape index (κ3) is 5.50. The Morgan fingerprint density at radius 2 is 1.21 bits per heavy atom. The van der Waals surface area contributed by atoms with Gasteiger partial charge in [-0.3, -0.25) is 0 Å². The van der Waals surface area contributed by atoms with E-state index in [-0.39, 0.29) is 23.1 Å². The second-order valence-corrected chi connectivity index (χ2v) is 22.4. The Morgan fingerprint density at radius 1 is 0.530 bits per heavy atom. The van der Waals surface area contributed by atoms with Crippen LogP contribution in [0.3, 0.4) is 0 Å². The fourth-order valence-corrected chi connectivity index (χ4v) is 12.8. The zero-order chi connectivity index (χ0) is 45.0. The second-order valence-electron chi connectivity index (χ2n) is 21.3. The summed E-state index contributed by atoms with van der Waals surface area (Å²) in [4.78, 5) is 5.21. The Balaban J connectivity index is 1.22. The number of fused-ring (bicyclic) bond motifs is 13. The highest BCUT2D eigenvalue weighted by Crippen LogP contribution is 2.59. The van der Waals surface area contributed by atoms with Gasteiger partial charge in [0.1, 0.15) is 11.2 Å². The summed E-state index contributed by atoms with van der Waals surface area (Å²) in [5.74, 6) is 0. The van der Waals surface area contributed by atoms with Gasteiger partial charge in [-0.25, -0.2) is 0 Å². The lowest BCUT2D eigenvalue weighted by molar-refractivity contribution is 0.590. The van der Waals surface area contributed by atoms with E-state index in [1.165, 1.54) is 92.6 Å². The Kier molecular flexibility index (Phi) is 8.16. The molecule has 4 heterocycles. The predicted octanol–water partition coefficient (Wildman–Crippen LogP) is 16.1. The molecule has 13 rings (SSSR count). The number of hydrogen-bond donors (Lipinski definition) is 0. The molecule has 0 fully saturated rings. The minimum Gasteiger partial charge on any atom is -0.466 e. The first-order valence-corrected chi connectivity index (χ1v) is 24.3. The SMILES string of the molecule is CC(C)(C)c1ccc(N2B3c4oc5ccccc5c4N(c4ccc(C(C)(C)C)cc4-c4ccccc4)c4cc5c(c(c43)-c3cc4sc6ccccc6c4cc32)C(C)(C)c2ccccc2-5)cc1. The Hall–Kier alpha value is -6.82. The molecule has 10 aromatic rings. The molecule has 0 spiro atoms. The van der Waals surface area contributed by atoms with Gasteiger partial charge in [0.15, 0.2) is 0 Å². The van der Waals surface area contributed by atoms with Crippen LogP contribution in [0.1, 0.15) is 77.6 Å². The van der Waals surface area contributed by atoms with E-state index in [9.17, 15) is 0 Å². The van der Waals surface area contributed by atoms with Crippen molar-refractivity contribution in [1.82, 2.24) is 0 Å². The maximum absolute atomic E-state index is 7.45. The van der Waals surface area contributed by atoms with Crippen LogP contribution in [-0.2, 0) is 16.2 Å². The van der Waals surface area contributed by atoms with E-state index in [2.05, 4.69) is 229 Å². The van der Waals surface area contributed by atoms with Crippen LogP contribution >= 0.6 is 11.3 Å². The number of anilines is 5. The van der Waals surface area contributed by atoms with E-state index < -0.39 is 0 Å². The molecule has 2 aliphatic heterocycles. The molecule has 66 heavy (non-hydrogen) atoms. The molecule has 8 aromatic carbocycles. The lowest BCUT2D eigenvalue weighted by Crippen LogP contribution is -2.61. The van der Waals surface area contributed by atoms with Gasteiger partial charge >= 0.3 is 6.85 Å². The van der Waals surface area contributed by atoms with E-state index >= 15 is 0 Å². The number of furan rings is 1. The molecule has 3 aliphatic rings. The number of nitrogens with zero attached hydrogens (tertiary/aromatic N) is 2. The number of para-hydroxylation sites is 1. The Labute approximate surface area is 392 Å². The van der Waals surface area contributed by atoms with Gasteiger partial charge in [-0.05, 0) is 121 Å². The van der Waals surface area contributed by atoms with Gasteiger partial charge in [0.25, 0.3) is 0 Å². The quantitative estimate of drug-likeness (QED) is 0.165. The van der Waals surface area contributed by atoms with Crippen LogP contribution in [0.25, 0.3) is 64.5 Å². The Bertz CT molecular complexity index is 3660. The normalized spacial score (nSPS) is 14.7. The van der Waals surface area contributed by atoms with Crippen LogP contribution in [0.2, 0.25) is 0 Å². The van der Waals surface area contributed by atoms with Crippen molar-refractivity contribution in [3.8, 4) is 33.4 Å². The third-order valence-electron chi connectivity index (χ3n) is 14.9. The highest BCUT2D eigenvalue weighted by atomic mass is 32.1. The molecule has 0 atom stereocenters. The van der Waals surface area contributed by atoms with Crippen molar-refractivity contribution in [2.24, 2.45) is 0 Å². The maximum atomic E-state index is 7.45. The van der Waals surface area contributed by atoms with Gasteiger partial charge < -0.3 is 14.1 Å². The average molecular weight is 871 g/mol. The first-order chi connectivity index (χ1) is 31.8. The van der Waals surface area contributed by atoms with Crippen LogP contribution in [0.5, 0.6) is 0 Å². The van der Waals surface area contributed by atoms with Crippen molar-refractivity contribution in [2.75, 3.05) is 9.71 Å². The van der Waals surface area contributed by atoms with Gasteiger partial charge in [-0.1, -0.05) is 159 Å². The fourth-order valence-electron chi connectivity index (χ4n) is 11.7. The minimum absolute atomic E-state index is 0.0112. The van der Waals surface area contributed by atoms with Crippen LogP contribution in [0.4, 0.5) is 28.4 Å². The van der Waals surface area contributed by atoms with E-state index in [1.54, 1.807) is 0 Å². The molecule has 0 saturated carbocycles. The monoisotopic (exact) mass is 870 g/mol. The number of benzene rings is 8. The summed E-state index contributed by atoms with van der Waals surface area (Å²) in [7, 11) is 0. The predicted molar refractivity (Wildman–Crippen MR) is 283 cm³/mol. The first-order valence-electron chi connectivity index (χ1n) is 23.5. The van der Waals surface area contributed by atoms with Gasteiger partial charge in [0, 0.05) is 59.2 Å². The second kappa shape index (κ2) is 13.6. The number of rotatable bonds is 3. The molecular weight excluding hydrogens is 820 g/mol. The van der Waals surface area contributed by atoms with Crippen molar-refractivity contribution in [1.29, 1.82) is 0 Å². The number of hydrogen-bond acceptors (Lipinski definition) is 4. The van der Waals surface area contributed by atoms with E-state index in [0.29, 0.717) is 0 Å². The highest BCUT2D eigenvalue weighted by molar-refractivity contribution is 7.25. The largest absolute Gasteiger partial charge is 0.466 e. The highest BCUT2D eigenvalue weighted by Gasteiger charge is 2.52. The summed E-state index contributed by atoms with van der Waals surface area (Å²) in [5.41, 5.74) is 21.6. The van der Waals surface area contributed by atoms with Gasteiger partial charge in [-0.2, -0.15) is 0 Å². The minimum atomic E-state index is -0.275. The van der Waals surface area contributed by atoms with Crippen LogP contribution in [0, 0.1) is 0 Å². The molecular formula is C61H51BN2OS. The lowest BCUT2D eigenvalue weighted by Gasteiger charge is -2.45. The summed E-state index contributed by atoms with van der Waals surface area (Å²) >= 11 is 1.90. The molecule has 3 nitrogen and oxygen atoms in total. The molecule has 0 N–H and O–H groups in total. The van der Waals surface area contributed by atoms with Crippen molar-refractivity contribution in [2.45, 2.75) is 71.6 Å². The molecule has 2 aromatic heterocycles. The van der Waals surface area contributed by atoms with Crippen molar-refractivity contribution < 1.29 is 4.42 Å². The fraction of sp³-hybridized carbons (Fsp3) is 0.180. The Morgan fingerprint density at radius 3 is 1.98 bits per heavy atom. The van der Waals surface area contributed by atoms with E-state index in [0.717, 1.165) is 33.7 Å². The molecule has 320 valence electrons. The molecule has 1 aliphatic carbocycles. The van der Waals surface area contributed by atoms with Crippen molar-refractivity contribution >= 4 is 88.9 Å². The van der Waals surface area contributed by atoms with E-state index in [1.807, 2.05) is 11.3 Å². The summed E-state index contributed by atoms with van der Waals surface area (Å²) in [6, 6.07) is 61.8. The zero-order valence-corrected chi connectivity index (χ0v) is 39.7. The first kappa shape index (κ1) is 39.5.